The van der Waals surface area contributed by atoms with E-state index in [1.54, 1.807) is 6.08 Å². The van der Waals surface area contributed by atoms with Gasteiger partial charge in [-0.2, -0.15) is 0 Å². The van der Waals surface area contributed by atoms with Gasteiger partial charge in [0, 0.05) is 55.3 Å². The third-order valence-electron chi connectivity index (χ3n) is 19.6. The Morgan fingerprint density at radius 2 is 1.82 bits per heavy atom. The number of nitrogens with zero attached hydrogens (tertiary/aromatic N) is 2. The van der Waals surface area contributed by atoms with Crippen molar-refractivity contribution in [3.05, 3.63) is 41.5 Å². The molecule has 3 unspecified atom stereocenters. The minimum Gasteiger partial charge on any atom is -0.458 e. The molecule has 1 aromatic rings. The molecule has 0 radical (unpaired) electrons. The van der Waals surface area contributed by atoms with Gasteiger partial charge in [0.15, 0.2) is 12.8 Å². The summed E-state index contributed by atoms with van der Waals surface area (Å²) in [5.41, 5.74) is -1.04. The Hall–Kier alpha value is -2.83. The van der Waals surface area contributed by atoms with Crippen LogP contribution in [-0.2, 0) is 29.3 Å². The third kappa shape index (κ3) is 3.92. The van der Waals surface area contributed by atoms with Gasteiger partial charge in [-0.3, -0.25) is 4.48 Å². The highest BCUT2D eigenvalue weighted by atomic mass is 16.5. The molecule has 11 nitrogen and oxygen atoms in total. The Kier molecular flexibility index (Phi) is 7.42. The molecule has 1 aromatic carbocycles. The monoisotopic (exact) mass is 771 g/mol. The standard InChI is InChI=1S/C45H59N2O9/c1-4-26-27-18-33-38-44(31-7-5-6-8-32(31)46(38)3)20-34(37(27)39(44)51)47(33,40(26)52)21-36(50)56-25-9-14-42(23-48)29-10-13-41(2)28(24-17-35(49)55-22-24)12-16-45(41,54)30(29)11-15-43(42,53)19-25/h5-8,17,23,25-30,33-34,37-40,51-54H,4,9-16,18-22H2,1-3H3/q+1/t25-,26-,27?,28+,29-,30+,33-,34-,37?,38-,39+,40+,41+,42-,43-,44?,45-,47-/m0/s1. The van der Waals surface area contributed by atoms with Gasteiger partial charge in [-0.1, -0.05) is 32.0 Å². The quantitative estimate of drug-likeness (QED) is 0.192. The number of quaternary nitrogens is 1. The summed E-state index contributed by atoms with van der Waals surface area (Å²) in [6.07, 6.45) is 7.72. The van der Waals surface area contributed by atoms with Crippen molar-refractivity contribution in [1.29, 1.82) is 0 Å². The van der Waals surface area contributed by atoms with E-state index in [4.69, 9.17) is 9.47 Å². The average molecular weight is 772 g/mol. The summed E-state index contributed by atoms with van der Waals surface area (Å²) < 4.78 is 11.9. The number of aliphatic hydroxyl groups excluding tert-OH is 2. The van der Waals surface area contributed by atoms with Crippen LogP contribution in [0.1, 0.15) is 96.5 Å². The number of rotatable bonds is 6. The van der Waals surface area contributed by atoms with Crippen LogP contribution in [0.5, 0.6) is 0 Å². The van der Waals surface area contributed by atoms with Crippen molar-refractivity contribution in [3.8, 4) is 0 Å². The van der Waals surface area contributed by atoms with Gasteiger partial charge in [-0.15, -0.1) is 0 Å². The molecule has 18 atom stereocenters. The molecule has 302 valence electrons. The maximum atomic E-state index is 14.5. The molecule has 0 amide bonds. The first-order valence-electron chi connectivity index (χ1n) is 21.8. The topological polar surface area (TPSA) is 154 Å². The van der Waals surface area contributed by atoms with Crippen molar-refractivity contribution in [1.82, 2.24) is 0 Å². The molecular formula is C45H59N2O9+. The number of aldehydes is 1. The fourth-order valence-corrected chi connectivity index (χ4v) is 17.6. The van der Waals surface area contributed by atoms with Gasteiger partial charge >= 0.3 is 11.9 Å². The molecule has 4 saturated heterocycles. The number of piperidine rings is 4. The summed E-state index contributed by atoms with van der Waals surface area (Å²) in [7, 11) is 2.11. The number of anilines is 1. The van der Waals surface area contributed by atoms with Gasteiger partial charge in [0.1, 0.15) is 25.0 Å². The molecule has 6 aliphatic heterocycles. The number of hydrogen-bond donors (Lipinski definition) is 4. The SMILES string of the molecule is CC[C@H]1C2C[C@H]3[C@@H]4N(C)c5ccccc5C45C[C@@H](C2[C@H]5O)[N@@+]3(CC(=O)O[C@H]2CC[C@]3(C=O)[C@H]4CC[C@]5(C)[C@@H](C6=CC(=O)OC6)CC[C@]5(O)[C@@H]4CC[C@]3(O)C2)[C@@H]1O. The molecular weight excluding hydrogens is 713 g/mol. The number of para-hydroxylation sites is 1. The molecule has 11 aliphatic rings. The minimum absolute atomic E-state index is 0.0104. The number of likely N-dealkylation sites (N-methyl/N-ethyl adjacent to an activating group) is 1. The summed E-state index contributed by atoms with van der Waals surface area (Å²) in [5, 5.41) is 50.1. The van der Waals surface area contributed by atoms with Crippen LogP contribution in [0.2, 0.25) is 0 Å². The van der Waals surface area contributed by atoms with E-state index in [0.717, 1.165) is 43.2 Å². The maximum Gasteiger partial charge on any atom is 0.362 e. The smallest absolute Gasteiger partial charge is 0.362 e. The molecule has 5 bridgehead atoms. The largest absolute Gasteiger partial charge is 0.458 e. The fraction of sp³-hybridized carbons (Fsp3) is 0.756. The Morgan fingerprint density at radius 3 is 2.57 bits per heavy atom. The molecule has 5 saturated carbocycles. The zero-order valence-electron chi connectivity index (χ0n) is 33.0. The fourth-order valence-electron chi connectivity index (χ4n) is 17.6. The van der Waals surface area contributed by atoms with Crippen LogP contribution in [0.25, 0.3) is 0 Å². The Bertz CT molecular complexity index is 1940. The molecule has 0 aromatic heterocycles. The maximum absolute atomic E-state index is 14.5. The summed E-state index contributed by atoms with van der Waals surface area (Å²) in [6.45, 7) is 4.56. The van der Waals surface area contributed by atoms with Crippen LogP contribution >= 0.6 is 0 Å². The molecule has 56 heavy (non-hydrogen) atoms. The van der Waals surface area contributed by atoms with Crippen molar-refractivity contribution in [3.63, 3.8) is 0 Å². The number of esters is 2. The Balaban J connectivity index is 0.854. The summed E-state index contributed by atoms with van der Waals surface area (Å²) >= 11 is 0. The normalized spacial score (nSPS) is 54.1. The van der Waals surface area contributed by atoms with E-state index in [2.05, 4.69) is 44.0 Å². The Morgan fingerprint density at radius 1 is 1.04 bits per heavy atom. The van der Waals surface area contributed by atoms with Crippen LogP contribution in [0, 0.1) is 46.3 Å². The van der Waals surface area contributed by atoms with E-state index in [9.17, 15) is 34.8 Å². The van der Waals surface area contributed by atoms with Gasteiger partial charge < -0.3 is 39.6 Å². The lowest BCUT2D eigenvalue weighted by molar-refractivity contribution is -1.03. The number of carbonyl (C=O) groups excluding carboxylic acids is 3. The number of hydrogen-bond acceptors (Lipinski definition) is 10. The zero-order chi connectivity index (χ0) is 38.9. The van der Waals surface area contributed by atoms with Crippen molar-refractivity contribution in [2.24, 2.45) is 46.3 Å². The van der Waals surface area contributed by atoms with E-state index in [-0.39, 0.29) is 89.6 Å². The molecule has 11 heteroatoms. The second kappa shape index (κ2) is 11.5. The highest BCUT2D eigenvalue weighted by Crippen LogP contribution is 2.73. The van der Waals surface area contributed by atoms with E-state index in [1.165, 1.54) is 5.56 Å². The van der Waals surface area contributed by atoms with Crippen molar-refractivity contribution < 1.29 is 48.8 Å². The van der Waals surface area contributed by atoms with Crippen LogP contribution in [0.4, 0.5) is 5.69 Å². The highest BCUT2D eigenvalue weighted by Gasteiger charge is 2.83. The number of benzene rings is 1. The molecule has 4 N–H and O–H groups in total. The van der Waals surface area contributed by atoms with Gasteiger partial charge in [0.25, 0.3) is 0 Å². The predicted molar refractivity (Wildman–Crippen MR) is 202 cm³/mol. The van der Waals surface area contributed by atoms with E-state index in [1.807, 2.05) is 6.07 Å². The van der Waals surface area contributed by atoms with Crippen molar-refractivity contribution >= 4 is 23.9 Å². The number of cyclic esters (lactones) is 1. The summed E-state index contributed by atoms with van der Waals surface area (Å²) in [4.78, 5) is 42.3. The van der Waals surface area contributed by atoms with Crippen LogP contribution < -0.4 is 4.90 Å². The van der Waals surface area contributed by atoms with Gasteiger partial charge in [-0.05, 0) is 98.7 Å². The van der Waals surface area contributed by atoms with Gasteiger partial charge in [0.2, 0.25) is 0 Å². The first-order chi connectivity index (χ1) is 26.7. The average Bonchev–Trinajstić information content (AvgIpc) is 3.86. The highest BCUT2D eigenvalue weighted by molar-refractivity contribution is 5.85. The third-order valence-corrected chi connectivity index (χ3v) is 19.6. The predicted octanol–water partition coefficient (Wildman–Crippen LogP) is 3.53. The molecule has 12 rings (SSSR count). The molecule has 5 aliphatic carbocycles. The summed E-state index contributed by atoms with van der Waals surface area (Å²) in [5.74, 6) is -0.852. The number of aliphatic hydroxyl groups is 4. The van der Waals surface area contributed by atoms with Gasteiger partial charge in [-0.25, -0.2) is 9.59 Å². The second-order valence-corrected chi connectivity index (χ2v) is 20.6. The lowest BCUT2D eigenvalue weighted by atomic mass is 9.41. The lowest BCUT2D eigenvalue weighted by Crippen LogP contribution is -2.83. The molecule has 6 heterocycles. The Labute approximate surface area is 329 Å². The van der Waals surface area contributed by atoms with Crippen LogP contribution in [0.15, 0.2) is 35.9 Å². The molecule has 9 fully saturated rings. The van der Waals surface area contributed by atoms with Crippen molar-refractivity contribution in [2.45, 2.75) is 144 Å². The lowest BCUT2D eigenvalue weighted by Gasteiger charge is -2.67. The van der Waals surface area contributed by atoms with E-state index < -0.39 is 45.9 Å². The van der Waals surface area contributed by atoms with Crippen LogP contribution in [0.3, 0.4) is 0 Å². The molecule has 1 spiro atoms. The first kappa shape index (κ1) is 36.3. The second-order valence-electron chi connectivity index (χ2n) is 20.6. The van der Waals surface area contributed by atoms with Crippen LogP contribution in [-0.4, -0.2) is 111 Å². The van der Waals surface area contributed by atoms with Gasteiger partial charge in [0.05, 0.1) is 40.2 Å². The summed E-state index contributed by atoms with van der Waals surface area (Å²) in [6, 6.07) is 8.28. The number of fused-ring (bicyclic) bond motifs is 7. The zero-order valence-corrected chi connectivity index (χ0v) is 33.0. The minimum atomic E-state index is -1.37. The number of ether oxygens (including phenoxy) is 2. The van der Waals surface area contributed by atoms with E-state index in [0.29, 0.717) is 44.9 Å². The first-order valence-corrected chi connectivity index (χ1v) is 21.8. The van der Waals surface area contributed by atoms with Crippen molar-refractivity contribution in [2.75, 3.05) is 25.1 Å². The van der Waals surface area contributed by atoms with E-state index >= 15 is 0 Å². The number of carbonyl (C=O) groups is 3.